The van der Waals surface area contributed by atoms with Gasteiger partial charge in [0.15, 0.2) is 22.5 Å². The van der Waals surface area contributed by atoms with Gasteiger partial charge in [-0.25, -0.2) is 24.1 Å². The summed E-state index contributed by atoms with van der Waals surface area (Å²) in [5.74, 6) is -1.28. The summed E-state index contributed by atoms with van der Waals surface area (Å²) in [7, 11) is 0. The van der Waals surface area contributed by atoms with E-state index in [2.05, 4.69) is 25.6 Å². The number of aromatic nitrogens is 3. The second-order valence-electron chi connectivity index (χ2n) is 8.35. The zero-order valence-corrected chi connectivity index (χ0v) is 22.7. The topological polar surface area (TPSA) is 136 Å². The van der Waals surface area contributed by atoms with E-state index in [0.717, 1.165) is 23.3 Å². The Balaban J connectivity index is 0.00000181. The van der Waals surface area contributed by atoms with Crippen LogP contribution in [0, 0.1) is 5.82 Å². The number of aromatic carboxylic acids is 1. The Morgan fingerprint density at radius 3 is 2.62 bits per heavy atom. The van der Waals surface area contributed by atoms with Crippen LogP contribution in [0.5, 0.6) is 17.2 Å². The van der Waals surface area contributed by atoms with Crippen LogP contribution in [-0.4, -0.2) is 38.5 Å². The number of halogens is 1. The standard InChI is InChI=1S/C26H22FN5O5S.C2H6/c27-19-11-16(2-3-17(19)25(34)35)37-22-12-18-15(10-21(22)36-14-23-29-5-1-6-30-23)4-7-28-20(18)13-24(33)32-26-31-8-9-38-26;1-2/h1-3,5-6,8-12,20,28H,4,7,13-14H2,(H,34,35)(H,31,32,33);1-2H3/t20-;/m1./s1. The van der Waals surface area contributed by atoms with E-state index < -0.39 is 17.3 Å². The minimum absolute atomic E-state index is 0.0696. The number of carboxylic acids is 1. The highest BCUT2D eigenvalue weighted by Gasteiger charge is 2.26. The van der Waals surface area contributed by atoms with Crippen LogP contribution in [0.1, 0.15) is 53.6 Å². The Bertz CT molecular complexity index is 1450. The molecule has 12 heteroatoms. The molecule has 0 unspecified atom stereocenters. The summed E-state index contributed by atoms with van der Waals surface area (Å²) in [6.45, 7) is 4.73. The number of nitrogens with one attached hydrogen (secondary N) is 2. The maximum atomic E-state index is 14.3. The van der Waals surface area contributed by atoms with Crippen molar-refractivity contribution in [1.82, 2.24) is 20.3 Å². The number of carbonyl (C=O) groups is 2. The second kappa shape index (κ2) is 13.6. The molecular weight excluding hydrogens is 537 g/mol. The first kappa shape index (κ1) is 28.6. The zero-order chi connectivity index (χ0) is 28.5. The molecule has 0 spiro atoms. The monoisotopic (exact) mass is 565 g/mol. The smallest absolute Gasteiger partial charge is 0.338 e. The van der Waals surface area contributed by atoms with Gasteiger partial charge in [0.05, 0.1) is 5.56 Å². The number of rotatable bonds is 9. The highest BCUT2D eigenvalue weighted by molar-refractivity contribution is 7.13. The number of hydrogen-bond acceptors (Lipinski definition) is 9. The van der Waals surface area contributed by atoms with Crippen molar-refractivity contribution < 1.29 is 28.6 Å². The third-order valence-electron chi connectivity index (χ3n) is 5.81. The van der Waals surface area contributed by atoms with Gasteiger partial charge in [-0.1, -0.05) is 13.8 Å². The predicted octanol–water partition coefficient (Wildman–Crippen LogP) is 5.38. The Hall–Kier alpha value is -4.42. The molecule has 2 aromatic heterocycles. The molecule has 5 rings (SSSR count). The Kier molecular flexibility index (Phi) is 9.71. The van der Waals surface area contributed by atoms with Crippen LogP contribution in [0.3, 0.4) is 0 Å². The maximum absolute atomic E-state index is 14.3. The van der Waals surface area contributed by atoms with Crippen LogP contribution in [0.25, 0.3) is 0 Å². The Labute approximate surface area is 234 Å². The van der Waals surface area contributed by atoms with Gasteiger partial charge in [-0.3, -0.25) is 4.79 Å². The molecule has 0 bridgehead atoms. The molecule has 1 amide bonds. The average Bonchev–Trinajstić information content (AvgIpc) is 3.46. The lowest BCUT2D eigenvalue weighted by molar-refractivity contribution is -0.116. The van der Waals surface area contributed by atoms with E-state index in [4.69, 9.17) is 14.6 Å². The molecule has 2 aromatic carbocycles. The van der Waals surface area contributed by atoms with Crippen molar-refractivity contribution in [2.45, 2.75) is 39.3 Å². The number of nitrogens with zero attached hydrogens (tertiary/aromatic N) is 3. The number of amides is 1. The molecule has 10 nitrogen and oxygen atoms in total. The van der Waals surface area contributed by atoms with Crippen molar-refractivity contribution >= 4 is 28.3 Å². The number of ether oxygens (including phenoxy) is 2. The second-order valence-corrected chi connectivity index (χ2v) is 9.24. The third kappa shape index (κ3) is 7.16. The predicted molar refractivity (Wildman–Crippen MR) is 147 cm³/mol. The van der Waals surface area contributed by atoms with Gasteiger partial charge in [0, 0.05) is 42.5 Å². The number of carbonyl (C=O) groups excluding carboxylic acids is 1. The summed E-state index contributed by atoms with van der Waals surface area (Å²) in [6.07, 6.45) is 5.68. The fraction of sp³-hybridized carbons (Fsp3) is 0.250. The summed E-state index contributed by atoms with van der Waals surface area (Å²) in [5.41, 5.74) is 1.35. The molecule has 1 atom stereocenters. The van der Waals surface area contributed by atoms with E-state index in [9.17, 15) is 14.0 Å². The normalized spacial score (nSPS) is 13.8. The first-order valence-electron chi connectivity index (χ1n) is 12.6. The molecule has 0 saturated heterocycles. The SMILES string of the molecule is CC.O=C(C[C@H]1NCCc2cc(OCc3ncccn3)c(Oc3ccc(C(=O)O)c(F)c3)cc21)Nc1nccs1. The maximum Gasteiger partial charge on any atom is 0.338 e. The first-order chi connectivity index (χ1) is 19.5. The molecule has 208 valence electrons. The molecule has 3 heterocycles. The van der Waals surface area contributed by atoms with Gasteiger partial charge < -0.3 is 25.2 Å². The minimum Gasteiger partial charge on any atom is -0.482 e. The van der Waals surface area contributed by atoms with Crippen molar-refractivity contribution in [2.24, 2.45) is 0 Å². The lowest BCUT2D eigenvalue weighted by Crippen LogP contribution is -2.32. The van der Waals surface area contributed by atoms with Crippen LogP contribution in [0.4, 0.5) is 9.52 Å². The molecule has 0 aliphatic carbocycles. The Morgan fingerprint density at radius 2 is 1.93 bits per heavy atom. The summed E-state index contributed by atoms with van der Waals surface area (Å²) in [4.78, 5) is 36.3. The first-order valence-corrected chi connectivity index (χ1v) is 13.5. The van der Waals surface area contributed by atoms with Crippen molar-refractivity contribution in [1.29, 1.82) is 0 Å². The van der Waals surface area contributed by atoms with Crippen LogP contribution in [-0.2, 0) is 17.8 Å². The minimum atomic E-state index is -1.38. The molecule has 0 radical (unpaired) electrons. The summed E-state index contributed by atoms with van der Waals surface area (Å²) in [6, 6.07) is 8.49. The third-order valence-corrected chi connectivity index (χ3v) is 6.50. The molecule has 4 aromatic rings. The van der Waals surface area contributed by atoms with E-state index in [1.807, 2.05) is 19.9 Å². The van der Waals surface area contributed by atoms with Crippen molar-refractivity contribution in [3.8, 4) is 17.2 Å². The molecular formula is C28H28FN5O5S. The molecule has 0 fully saturated rings. The van der Waals surface area contributed by atoms with Crippen LogP contribution >= 0.6 is 11.3 Å². The summed E-state index contributed by atoms with van der Waals surface area (Å²) < 4.78 is 26.3. The molecule has 40 heavy (non-hydrogen) atoms. The fourth-order valence-corrected chi connectivity index (χ4v) is 4.62. The van der Waals surface area contributed by atoms with Crippen LogP contribution in [0.15, 0.2) is 60.4 Å². The van der Waals surface area contributed by atoms with Crippen LogP contribution in [0.2, 0.25) is 0 Å². The molecule has 1 aliphatic heterocycles. The molecule has 1 aliphatic rings. The van der Waals surface area contributed by atoms with E-state index in [1.54, 1.807) is 36.1 Å². The number of thiazole rings is 1. The van der Waals surface area contributed by atoms with Gasteiger partial charge >= 0.3 is 5.97 Å². The number of carboxylic acid groups (broad SMARTS) is 1. The van der Waals surface area contributed by atoms with Crippen LogP contribution < -0.4 is 20.1 Å². The quantitative estimate of drug-likeness (QED) is 0.244. The van der Waals surface area contributed by atoms with Gasteiger partial charge in [0.2, 0.25) is 5.91 Å². The van der Waals surface area contributed by atoms with E-state index >= 15 is 0 Å². The van der Waals surface area contributed by atoms with E-state index in [0.29, 0.717) is 29.7 Å². The van der Waals surface area contributed by atoms with Gasteiger partial charge in [-0.05, 0) is 54.4 Å². The largest absolute Gasteiger partial charge is 0.482 e. The lowest BCUT2D eigenvalue weighted by atomic mass is 9.91. The average molecular weight is 566 g/mol. The van der Waals surface area contributed by atoms with Gasteiger partial charge in [-0.2, -0.15) is 0 Å². The van der Waals surface area contributed by atoms with Crippen molar-refractivity contribution in [3.63, 3.8) is 0 Å². The highest BCUT2D eigenvalue weighted by atomic mass is 32.1. The number of fused-ring (bicyclic) bond motifs is 1. The fourth-order valence-electron chi connectivity index (χ4n) is 4.07. The van der Waals surface area contributed by atoms with Gasteiger partial charge in [-0.15, -0.1) is 11.3 Å². The number of benzene rings is 2. The van der Waals surface area contributed by atoms with E-state index in [-0.39, 0.29) is 36.5 Å². The Morgan fingerprint density at radius 1 is 1.12 bits per heavy atom. The summed E-state index contributed by atoms with van der Waals surface area (Å²) in [5, 5.41) is 17.6. The number of hydrogen-bond donors (Lipinski definition) is 3. The van der Waals surface area contributed by atoms with Gasteiger partial charge in [0.1, 0.15) is 18.2 Å². The van der Waals surface area contributed by atoms with Crippen molar-refractivity contribution in [3.05, 3.63) is 88.7 Å². The zero-order valence-electron chi connectivity index (χ0n) is 21.9. The molecule has 0 saturated carbocycles. The summed E-state index contributed by atoms with van der Waals surface area (Å²) >= 11 is 1.33. The van der Waals surface area contributed by atoms with E-state index in [1.165, 1.54) is 17.4 Å². The lowest BCUT2D eigenvalue weighted by Gasteiger charge is -2.28. The highest BCUT2D eigenvalue weighted by Crippen LogP contribution is 2.39. The number of anilines is 1. The molecule has 3 N–H and O–H groups in total. The van der Waals surface area contributed by atoms with Crippen molar-refractivity contribution in [2.75, 3.05) is 11.9 Å². The van der Waals surface area contributed by atoms with Gasteiger partial charge in [0.25, 0.3) is 0 Å².